The molecule has 7 atom stereocenters. The van der Waals surface area contributed by atoms with Crippen LogP contribution < -0.4 is 0 Å². The second-order valence-corrected chi connectivity index (χ2v) is 11.3. The lowest BCUT2D eigenvalue weighted by atomic mass is 9.46. The van der Waals surface area contributed by atoms with E-state index in [1.54, 1.807) is 12.2 Å². The van der Waals surface area contributed by atoms with Gasteiger partial charge in [-0.3, -0.25) is 4.79 Å². The third-order valence-corrected chi connectivity index (χ3v) is 9.09. The lowest BCUT2D eigenvalue weighted by molar-refractivity contribution is -0.211. The Morgan fingerprint density at radius 2 is 2.06 bits per heavy atom. The van der Waals surface area contributed by atoms with E-state index in [0.29, 0.717) is 6.42 Å². The molecule has 4 rings (SSSR count). The molecule has 1 N–H and O–H groups in total. The third kappa shape index (κ3) is 3.60. The number of ketones is 1. The fraction of sp³-hybridized carbons (Fsp3) is 0.640. The number of hydrogen-bond acceptors (Lipinski definition) is 6. The Labute approximate surface area is 204 Å². The van der Waals surface area contributed by atoms with E-state index in [9.17, 15) is 19.5 Å². The standard InChI is InChI=1S/C25H30Cl2O6/c1-4-11-32-22(31)25(33-21(30)20(26)27)10-8-17-16-6-5-14-12-15(28)7-9-23(14,2)19(16)18(29)13-24(17,25)3/h4,7,9,12,16-20,29H,1,5-6,8,10-11,13H2,2-3H3/t16-,17-,18-,19+,23-,24-,25-/m0/s1. The van der Waals surface area contributed by atoms with Crippen molar-refractivity contribution in [2.75, 3.05) is 6.61 Å². The molecule has 0 heterocycles. The lowest BCUT2D eigenvalue weighted by Gasteiger charge is -2.59. The molecule has 0 amide bonds. The number of aliphatic hydroxyl groups excluding tert-OH is 1. The highest BCUT2D eigenvalue weighted by Crippen LogP contribution is 2.68. The summed E-state index contributed by atoms with van der Waals surface area (Å²) in [7, 11) is 0. The number of hydrogen-bond donors (Lipinski definition) is 1. The molecule has 0 aromatic heterocycles. The Kier molecular flexibility index (Phi) is 6.34. The van der Waals surface area contributed by atoms with Gasteiger partial charge in [-0.25, -0.2) is 9.59 Å². The summed E-state index contributed by atoms with van der Waals surface area (Å²) >= 11 is 11.6. The number of alkyl halides is 2. The Morgan fingerprint density at radius 3 is 2.73 bits per heavy atom. The Morgan fingerprint density at radius 1 is 1.33 bits per heavy atom. The van der Waals surface area contributed by atoms with Gasteiger partial charge >= 0.3 is 11.9 Å². The number of rotatable bonds is 5. The minimum atomic E-state index is -1.60. The van der Waals surface area contributed by atoms with E-state index < -0.39 is 39.3 Å². The first-order valence-electron chi connectivity index (χ1n) is 11.4. The zero-order valence-corrected chi connectivity index (χ0v) is 20.4. The van der Waals surface area contributed by atoms with Crippen molar-refractivity contribution in [1.82, 2.24) is 0 Å². The first-order chi connectivity index (χ1) is 15.5. The van der Waals surface area contributed by atoms with Gasteiger partial charge in [0.25, 0.3) is 0 Å². The van der Waals surface area contributed by atoms with Gasteiger partial charge in [0.05, 0.1) is 6.10 Å². The van der Waals surface area contributed by atoms with E-state index in [-0.39, 0.29) is 43.0 Å². The first kappa shape index (κ1) is 24.5. The molecule has 0 radical (unpaired) electrons. The second-order valence-electron chi connectivity index (χ2n) is 10.2. The van der Waals surface area contributed by atoms with Crippen molar-refractivity contribution in [3.63, 3.8) is 0 Å². The number of halogens is 2. The largest absolute Gasteiger partial charge is 0.458 e. The summed E-state index contributed by atoms with van der Waals surface area (Å²) in [4.78, 5) is 36.4. The van der Waals surface area contributed by atoms with Gasteiger partial charge in [-0.1, -0.05) is 61.4 Å². The lowest BCUT2D eigenvalue weighted by Crippen LogP contribution is -2.63. The summed E-state index contributed by atoms with van der Waals surface area (Å²) in [6.07, 6.45) is 8.56. The van der Waals surface area contributed by atoms with E-state index in [4.69, 9.17) is 32.7 Å². The van der Waals surface area contributed by atoms with Crippen LogP contribution in [0, 0.1) is 28.6 Å². The SMILES string of the molecule is C=CCOC(=O)[C@@]1(OC(=O)C(Cl)Cl)CC[C@H]2[C@@H]3CCC4=CC(=O)C=C[C@]4(C)[C@H]3[C@@H](O)C[C@@]21C. The van der Waals surface area contributed by atoms with Gasteiger partial charge in [-0.2, -0.15) is 0 Å². The summed E-state index contributed by atoms with van der Waals surface area (Å²) in [6, 6.07) is 0. The molecule has 0 aliphatic heterocycles. The molecule has 6 nitrogen and oxygen atoms in total. The zero-order chi connectivity index (χ0) is 24.2. The van der Waals surface area contributed by atoms with Crippen LogP contribution in [0.5, 0.6) is 0 Å². The van der Waals surface area contributed by atoms with Gasteiger partial charge < -0.3 is 14.6 Å². The molecule has 3 saturated carbocycles. The number of fused-ring (bicyclic) bond motifs is 5. The summed E-state index contributed by atoms with van der Waals surface area (Å²) < 4.78 is 11.2. The maximum atomic E-state index is 13.4. The number of carbonyl (C=O) groups excluding carboxylic acids is 3. The highest BCUT2D eigenvalue weighted by atomic mass is 35.5. The molecule has 3 fully saturated rings. The number of allylic oxidation sites excluding steroid dienone is 4. The van der Waals surface area contributed by atoms with Crippen LogP contribution in [0.3, 0.4) is 0 Å². The maximum absolute atomic E-state index is 13.4. The van der Waals surface area contributed by atoms with E-state index in [1.165, 1.54) is 6.08 Å². The highest BCUT2D eigenvalue weighted by Gasteiger charge is 2.71. The van der Waals surface area contributed by atoms with Crippen molar-refractivity contribution >= 4 is 40.9 Å². The molecule has 4 aliphatic carbocycles. The Hall–Kier alpha value is -1.63. The van der Waals surface area contributed by atoms with Crippen molar-refractivity contribution in [2.45, 2.75) is 62.5 Å². The van der Waals surface area contributed by atoms with Crippen LogP contribution in [0.1, 0.15) is 46.0 Å². The molecular weight excluding hydrogens is 467 g/mol. The number of ether oxygens (including phenoxy) is 2. The molecule has 33 heavy (non-hydrogen) atoms. The van der Waals surface area contributed by atoms with Crippen LogP contribution in [-0.2, 0) is 23.9 Å². The van der Waals surface area contributed by atoms with Crippen LogP contribution in [0.25, 0.3) is 0 Å². The van der Waals surface area contributed by atoms with Crippen molar-refractivity contribution in [3.05, 3.63) is 36.5 Å². The summed E-state index contributed by atoms with van der Waals surface area (Å²) in [5.74, 6) is -1.61. The van der Waals surface area contributed by atoms with Gasteiger partial charge in [0.15, 0.2) is 5.78 Å². The number of aliphatic hydroxyl groups is 1. The molecule has 0 unspecified atom stereocenters. The fourth-order valence-corrected chi connectivity index (χ4v) is 7.41. The van der Waals surface area contributed by atoms with E-state index >= 15 is 0 Å². The minimum Gasteiger partial charge on any atom is -0.458 e. The third-order valence-electron chi connectivity index (χ3n) is 8.73. The van der Waals surface area contributed by atoms with Crippen molar-refractivity contribution in [3.8, 4) is 0 Å². The van der Waals surface area contributed by atoms with Gasteiger partial charge in [0.1, 0.15) is 6.61 Å². The van der Waals surface area contributed by atoms with Crippen molar-refractivity contribution < 1.29 is 29.0 Å². The predicted molar refractivity (Wildman–Crippen MR) is 123 cm³/mol. The molecule has 0 saturated heterocycles. The van der Waals surface area contributed by atoms with Crippen molar-refractivity contribution in [1.29, 1.82) is 0 Å². The minimum absolute atomic E-state index is 0.00323. The molecule has 180 valence electrons. The van der Waals surface area contributed by atoms with E-state index in [1.807, 2.05) is 13.0 Å². The van der Waals surface area contributed by atoms with Crippen molar-refractivity contribution in [2.24, 2.45) is 28.6 Å². The topological polar surface area (TPSA) is 89.9 Å². The van der Waals surface area contributed by atoms with Crippen LogP contribution >= 0.6 is 23.2 Å². The molecule has 8 heteroatoms. The molecule has 0 aromatic carbocycles. The average Bonchev–Trinajstić information content (AvgIpc) is 3.04. The number of esters is 2. The predicted octanol–water partition coefficient (Wildman–Crippen LogP) is 4.08. The quantitative estimate of drug-likeness (QED) is 0.350. The van der Waals surface area contributed by atoms with E-state index in [2.05, 4.69) is 13.5 Å². The Balaban J connectivity index is 1.74. The zero-order valence-electron chi connectivity index (χ0n) is 18.9. The highest BCUT2D eigenvalue weighted by molar-refractivity contribution is 6.53. The molecule has 0 spiro atoms. The fourth-order valence-electron chi connectivity index (χ4n) is 7.33. The van der Waals surface area contributed by atoms with Crippen LogP contribution in [0.15, 0.2) is 36.5 Å². The van der Waals surface area contributed by atoms with E-state index in [0.717, 1.165) is 18.4 Å². The van der Waals surface area contributed by atoms with Crippen LogP contribution in [-0.4, -0.2) is 46.0 Å². The smallest absolute Gasteiger partial charge is 0.351 e. The molecule has 0 bridgehead atoms. The monoisotopic (exact) mass is 496 g/mol. The molecule has 4 aliphatic rings. The van der Waals surface area contributed by atoms with Crippen LogP contribution in [0.4, 0.5) is 0 Å². The van der Waals surface area contributed by atoms with Crippen LogP contribution in [0.2, 0.25) is 0 Å². The normalized spacial score (nSPS) is 41.5. The van der Waals surface area contributed by atoms with Gasteiger partial charge in [-0.15, -0.1) is 0 Å². The summed E-state index contributed by atoms with van der Waals surface area (Å²) in [5.41, 5.74) is -1.84. The Bertz CT molecular complexity index is 941. The van der Waals surface area contributed by atoms with Gasteiger partial charge in [0.2, 0.25) is 10.4 Å². The van der Waals surface area contributed by atoms with Gasteiger partial charge in [-0.05, 0) is 56.1 Å². The van der Waals surface area contributed by atoms with Gasteiger partial charge in [0, 0.05) is 16.7 Å². The summed E-state index contributed by atoms with van der Waals surface area (Å²) in [6.45, 7) is 7.54. The second kappa shape index (κ2) is 8.54. The first-order valence-corrected chi connectivity index (χ1v) is 12.3. The number of carbonyl (C=O) groups is 3. The average molecular weight is 497 g/mol. The summed E-state index contributed by atoms with van der Waals surface area (Å²) in [5, 5.41) is 11.5. The molecule has 0 aromatic rings. The maximum Gasteiger partial charge on any atom is 0.351 e. The molecular formula is C25H30Cl2O6.